The Labute approximate surface area is 184 Å². The van der Waals surface area contributed by atoms with Gasteiger partial charge in [-0.25, -0.2) is 4.98 Å². The van der Waals surface area contributed by atoms with E-state index in [1.54, 1.807) is 11.3 Å². The maximum atomic E-state index is 12.8. The van der Waals surface area contributed by atoms with Gasteiger partial charge in [-0.2, -0.15) is 24.9 Å². The van der Waals surface area contributed by atoms with Gasteiger partial charge in [-0.1, -0.05) is 6.07 Å². The molecule has 1 aliphatic rings. The number of anilines is 1. The number of thiophene rings is 1. The predicted molar refractivity (Wildman–Crippen MR) is 118 cm³/mol. The van der Waals surface area contributed by atoms with E-state index in [9.17, 15) is 22.8 Å². The average Bonchev–Trinajstić information content (AvgIpc) is 3.09. The minimum absolute atomic E-state index is 0.109. The van der Waals surface area contributed by atoms with Crippen LogP contribution < -0.4 is 10.9 Å². The number of carbonyl (C=O) groups is 1. The maximum absolute atomic E-state index is 12.8. The van der Waals surface area contributed by atoms with Gasteiger partial charge in [-0.3, -0.25) is 9.59 Å². The molecule has 1 aromatic carbocycles. The topological polar surface area (TPSA) is 74.8 Å². The molecule has 3 aromatic rings. The van der Waals surface area contributed by atoms with E-state index in [1.165, 1.54) is 28.8 Å². The summed E-state index contributed by atoms with van der Waals surface area (Å²) < 4.78 is 38.3. The molecule has 10 heteroatoms. The highest BCUT2D eigenvalue weighted by molar-refractivity contribution is 7.98. The van der Waals surface area contributed by atoms with Gasteiger partial charge in [0, 0.05) is 22.7 Å². The van der Waals surface area contributed by atoms with Crippen molar-refractivity contribution in [3.05, 3.63) is 56.4 Å². The Morgan fingerprint density at radius 3 is 2.87 bits per heavy atom. The molecule has 31 heavy (non-hydrogen) atoms. The SMILES string of the molecule is O=C(CCSCc1nc2sc3c(c2c(=O)[nH]1)CCCC3)Nc1cccc(C(F)(F)F)c1. The normalized spacial score (nSPS) is 13.9. The number of halogens is 3. The lowest BCUT2D eigenvalue weighted by molar-refractivity contribution is -0.137. The molecule has 0 spiro atoms. The van der Waals surface area contributed by atoms with Crippen LogP contribution in [0.5, 0.6) is 0 Å². The van der Waals surface area contributed by atoms with Gasteiger partial charge in [0.2, 0.25) is 5.91 Å². The Kier molecular flexibility index (Phi) is 6.38. The van der Waals surface area contributed by atoms with Crippen LogP contribution in [0.1, 0.15) is 41.1 Å². The summed E-state index contributed by atoms with van der Waals surface area (Å²) in [7, 11) is 0. The van der Waals surface area contributed by atoms with E-state index in [4.69, 9.17) is 0 Å². The highest BCUT2D eigenvalue weighted by atomic mass is 32.2. The second-order valence-corrected chi connectivity index (χ2v) is 9.52. The smallest absolute Gasteiger partial charge is 0.326 e. The molecule has 0 radical (unpaired) electrons. The minimum Gasteiger partial charge on any atom is -0.326 e. The first-order chi connectivity index (χ1) is 14.8. The van der Waals surface area contributed by atoms with E-state index in [2.05, 4.69) is 15.3 Å². The van der Waals surface area contributed by atoms with Gasteiger partial charge in [0.1, 0.15) is 10.7 Å². The second kappa shape index (κ2) is 9.04. The number of alkyl halides is 3. The molecular formula is C21H20F3N3O2S2. The number of hydrogen-bond acceptors (Lipinski definition) is 5. The van der Waals surface area contributed by atoms with Gasteiger partial charge >= 0.3 is 6.18 Å². The highest BCUT2D eigenvalue weighted by Gasteiger charge is 2.30. The Hall–Kier alpha value is -2.33. The summed E-state index contributed by atoms with van der Waals surface area (Å²) in [6.45, 7) is 0. The lowest BCUT2D eigenvalue weighted by Gasteiger charge is -2.10. The van der Waals surface area contributed by atoms with Crippen molar-refractivity contribution in [2.45, 2.75) is 44.0 Å². The lowest BCUT2D eigenvalue weighted by Crippen LogP contribution is -2.14. The number of fused-ring (bicyclic) bond motifs is 3. The van der Waals surface area contributed by atoms with Crippen LogP contribution in [0.4, 0.5) is 18.9 Å². The fourth-order valence-electron chi connectivity index (χ4n) is 3.61. The number of aryl methyl sites for hydroxylation is 2. The van der Waals surface area contributed by atoms with Crippen molar-refractivity contribution in [3.63, 3.8) is 0 Å². The Morgan fingerprint density at radius 2 is 2.06 bits per heavy atom. The number of amides is 1. The molecule has 0 aliphatic heterocycles. The van der Waals surface area contributed by atoms with Crippen LogP contribution >= 0.6 is 23.1 Å². The highest BCUT2D eigenvalue weighted by Crippen LogP contribution is 2.34. The average molecular weight is 468 g/mol. The van der Waals surface area contributed by atoms with E-state index < -0.39 is 11.7 Å². The summed E-state index contributed by atoms with van der Waals surface area (Å²) in [6, 6.07) is 4.55. The number of aromatic nitrogens is 2. The molecule has 2 heterocycles. The van der Waals surface area contributed by atoms with Crippen LogP contribution in [-0.2, 0) is 29.6 Å². The van der Waals surface area contributed by atoms with Crippen molar-refractivity contribution >= 4 is 44.9 Å². The third kappa shape index (κ3) is 5.12. The summed E-state index contributed by atoms with van der Waals surface area (Å²) >= 11 is 3.03. The van der Waals surface area contributed by atoms with Crippen LogP contribution in [0.15, 0.2) is 29.1 Å². The number of nitrogens with zero attached hydrogens (tertiary/aromatic N) is 1. The summed E-state index contributed by atoms with van der Waals surface area (Å²) in [5, 5.41) is 3.21. The van der Waals surface area contributed by atoms with Crippen LogP contribution in [0.3, 0.4) is 0 Å². The van der Waals surface area contributed by atoms with Gasteiger partial charge in [-0.15, -0.1) is 11.3 Å². The van der Waals surface area contributed by atoms with E-state index in [-0.39, 0.29) is 23.6 Å². The number of thioether (sulfide) groups is 1. The predicted octanol–water partition coefficient (Wildman–Crippen LogP) is 5.14. The molecule has 1 amide bonds. The molecule has 4 rings (SSSR count). The number of benzene rings is 1. The number of nitrogens with one attached hydrogen (secondary N) is 2. The molecular weight excluding hydrogens is 447 g/mol. The molecule has 0 fully saturated rings. The van der Waals surface area contributed by atoms with E-state index in [0.29, 0.717) is 22.7 Å². The van der Waals surface area contributed by atoms with Gasteiger partial charge in [0.25, 0.3) is 5.56 Å². The van der Waals surface area contributed by atoms with Crippen molar-refractivity contribution < 1.29 is 18.0 Å². The fourth-order valence-corrected chi connectivity index (χ4v) is 5.69. The number of carbonyl (C=O) groups excluding carboxylic acids is 1. The number of hydrogen-bond donors (Lipinski definition) is 2. The van der Waals surface area contributed by atoms with E-state index in [1.807, 2.05) is 0 Å². The fraction of sp³-hybridized carbons (Fsp3) is 0.381. The van der Waals surface area contributed by atoms with Crippen LogP contribution in [-0.4, -0.2) is 21.6 Å². The second-order valence-electron chi connectivity index (χ2n) is 7.33. The van der Waals surface area contributed by atoms with Crippen molar-refractivity contribution in [2.75, 3.05) is 11.1 Å². The summed E-state index contributed by atoms with van der Waals surface area (Å²) in [5.41, 5.74) is 0.344. The van der Waals surface area contributed by atoms with E-state index in [0.717, 1.165) is 48.2 Å². The van der Waals surface area contributed by atoms with Crippen molar-refractivity contribution in [1.29, 1.82) is 0 Å². The summed E-state index contributed by atoms with van der Waals surface area (Å²) in [6.07, 6.45) is -0.151. The van der Waals surface area contributed by atoms with Crippen LogP contribution in [0.25, 0.3) is 10.2 Å². The standard InChI is InChI=1S/C21H20F3N3O2S2/c22-21(23,24)12-4-3-5-13(10-12)25-17(28)8-9-30-11-16-26-19(29)18-14-6-1-2-7-15(14)31-20(18)27-16/h3-5,10H,1-2,6-9,11H2,(H,25,28)(H,26,27,29). The van der Waals surface area contributed by atoms with Crippen molar-refractivity contribution in [1.82, 2.24) is 9.97 Å². The minimum atomic E-state index is -4.45. The Balaban J connectivity index is 1.31. The quantitative estimate of drug-likeness (QED) is 0.492. The first-order valence-electron chi connectivity index (χ1n) is 9.89. The van der Waals surface area contributed by atoms with Crippen molar-refractivity contribution in [2.24, 2.45) is 0 Å². The molecule has 2 aromatic heterocycles. The maximum Gasteiger partial charge on any atom is 0.416 e. The molecule has 5 nitrogen and oxygen atoms in total. The zero-order valence-electron chi connectivity index (χ0n) is 16.5. The first kappa shape index (κ1) is 21.9. The molecule has 0 bridgehead atoms. The van der Waals surface area contributed by atoms with Gasteiger partial charge in [-0.05, 0) is 49.4 Å². The largest absolute Gasteiger partial charge is 0.416 e. The molecule has 0 saturated carbocycles. The van der Waals surface area contributed by atoms with Gasteiger partial charge in [0.05, 0.1) is 16.7 Å². The Morgan fingerprint density at radius 1 is 1.26 bits per heavy atom. The van der Waals surface area contributed by atoms with Gasteiger partial charge < -0.3 is 10.3 Å². The molecule has 1 aliphatic carbocycles. The molecule has 0 atom stereocenters. The van der Waals surface area contributed by atoms with Crippen molar-refractivity contribution in [3.8, 4) is 0 Å². The zero-order valence-corrected chi connectivity index (χ0v) is 18.1. The molecule has 0 saturated heterocycles. The third-order valence-corrected chi connectivity index (χ3v) is 7.22. The zero-order chi connectivity index (χ0) is 22.0. The molecule has 164 valence electrons. The Bertz CT molecular complexity index is 1170. The van der Waals surface area contributed by atoms with Crippen LogP contribution in [0.2, 0.25) is 0 Å². The monoisotopic (exact) mass is 467 g/mol. The lowest BCUT2D eigenvalue weighted by atomic mass is 9.97. The van der Waals surface area contributed by atoms with E-state index >= 15 is 0 Å². The summed E-state index contributed by atoms with van der Waals surface area (Å²) in [4.78, 5) is 34.1. The first-order valence-corrected chi connectivity index (χ1v) is 11.9. The summed E-state index contributed by atoms with van der Waals surface area (Å²) in [5.74, 6) is 1.10. The number of aromatic amines is 1. The number of rotatable bonds is 6. The van der Waals surface area contributed by atoms with Crippen LogP contribution in [0, 0.1) is 0 Å². The number of H-pyrrole nitrogens is 1. The molecule has 0 unspecified atom stereocenters. The molecule has 2 N–H and O–H groups in total. The third-order valence-electron chi connectivity index (χ3n) is 5.06. The van der Waals surface area contributed by atoms with Gasteiger partial charge in [0.15, 0.2) is 0 Å².